The van der Waals surface area contributed by atoms with Crippen molar-refractivity contribution in [2.75, 3.05) is 19.8 Å². The molecule has 1 fully saturated rings. The molecule has 2 rings (SSSR count). The summed E-state index contributed by atoms with van der Waals surface area (Å²) >= 11 is 0. The lowest BCUT2D eigenvalue weighted by Crippen LogP contribution is -2.47. The topological polar surface area (TPSA) is 67.8 Å². The molecule has 0 radical (unpaired) electrons. The molecule has 114 valence electrons. The summed E-state index contributed by atoms with van der Waals surface area (Å²) in [6.45, 7) is 6.51. The maximum Gasteiger partial charge on any atom is 0.251 e. The van der Waals surface area contributed by atoms with Crippen molar-refractivity contribution in [1.82, 2.24) is 5.32 Å². The standard InChI is InChI=1S/C16H21NO4/c1-3-9-21-14-6-4-13(5-7-14)15(18)17-11-16(19)8-10-20-12(16)2/h3-7,12,19H,1,8-11H2,2H3,(H,17,18). The number of rotatable bonds is 6. The maximum absolute atomic E-state index is 12.1. The van der Waals surface area contributed by atoms with E-state index < -0.39 is 5.60 Å². The molecule has 21 heavy (non-hydrogen) atoms. The molecule has 0 aromatic heterocycles. The van der Waals surface area contributed by atoms with E-state index in [4.69, 9.17) is 9.47 Å². The molecule has 5 heteroatoms. The molecule has 1 aliphatic rings. The second kappa shape index (κ2) is 6.74. The summed E-state index contributed by atoms with van der Waals surface area (Å²) in [4.78, 5) is 12.1. The van der Waals surface area contributed by atoms with Gasteiger partial charge in [0.25, 0.3) is 5.91 Å². The molecule has 2 atom stereocenters. The second-order valence-electron chi connectivity index (χ2n) is 5.17. The molecule has 2 N–H and O–H groups in total. The number of ether oxygens (including phenoxy) is 2. The van der Waals surface area contributed by atoms with Gasteiger partial charge in [-0.1, -0.05) is 12.7 Å². The number of amides is 1. The highest BCUT2D eigenvalue weighted by Crippen LogP contribution is 2.24. The molecule has 1 aromatic carbocycles. The predicted molar refractivity (Wildman–Crippen MR) is 79.4 cm³/mol. The first-order valence-corrected chi connectivity index (χ1v) is 7.01. The Morgan fingerprint density at radius 3 is 2.86 bits per heavy atom. The minimum atomic E-state index is -0.983. The maximum atomic E-state index is 12.1. The summed E-state index contributed by atoms with van der Waals surface area (Å²) in [5, 5.41) is 13.1. The number of aliphatic hydroxyl groups is 1. The molecular formula is C16H21NO4. The molecule has 1 amide bonds. The predicted octanol–water partition coefficient (Wildman–Crippen LogP) is 1.52. The van der Waals surface area contributed by atoms with Crippen LogP contribution in [0.1, 0.15) is 23.7 Å². The third-order valence-corrected chi connectivity index (χ3v) is 3.70. The van der Waals surface area contributed by atoms with Crippen LogP contribution >= 0.6 is 0 Å². The van der Waals surface area contributed by atoms with Gasteiger partial charge in [0.2, 0.25) is 0 Å². The SMILES string of the molecule is C=CCOc1ccc(C(=O)NCC2(O)CCOC2C)cc1. The Morgan fingerprint density at radius 1 is 1.57 bits per heavy atom. The Morgan fingerprint density at radius 2 is 2.29 bits per heavy atom. The smallest absolute Gasteiger partial charge is 0.251 e. The van der Waals surface area contributed by atoms with Gasteiger partial charge in [0.15, 0.2) is 0 Å². The van der Waals surface area contributed by atoms with E-state index in [9.17, 15) is 9.90 Å². The molecule has 1 aliphatic heterocycles. The van der Waals surface area contributed by atoms with Gasteiger partial charge >= 0.3 is 0 Å². The fourth-order valence-corrected chi connectivity index (χ4v) is 2.20. The first kappa shape index (κ1) is 15.5. The van der Waals surface area contributed by atoms with Crippen LogP contribution in [0, 0.1) is 0 Å². The molecule has 5 nitrogen and oxygen atoms in total. The van der Waals surface area contributed by atoms with Crippen LogP contribution < -0.4 is 10.1 Å². The Balaban J connectivity index is 1.89. The average Bonchev–Trinajstić information content (AvgIpc) is 2.83. The van der Waals surface area contributed by atoms with Crippen molar-refractivity contribution in [3.63, 3.8) is 0 Å². The molecule has 1 saturated heterocycles. The second-order valence-corrected chi connectivity index (χ2v) is 5.17. The number of hydrogen-bond donors (Lipinski definition) is 2. The third kappa shape index (κ3) is 3.83. The molecular weight excluding hydrogens is 270 g/mol. The van der Waals surface area contributed by atoms with Gasteiger partial charge in [-0.2, -0.15) is 0 Å². The van der Waals surface area contributed by atoms with Crippen LogP contribution in [0.15, 0.2) is 36.9 Å². The van der Waals surface area contributed by atoms with Gasteiger partial charge in [0.05, 0.1) is 6.10 Å². The van der Waals surface area contributed by atoms with E-state index in [2.05, 4.69) is 11.9 Å². The molecule has 1 aromatic rings. The highest BCUT2D eigenvalue weighted by Gasteiger charge is 2.39. The Labute approximate surface area is 124 Å². The van der Waals surface area contributed by atoms with Crippen molar-refractivity contribution in [2.24, 2.45) is 0 Å². The summed E-state index contributed by atoms with van der Waals surface area (Å²) in [7, 11) is 0. The van der Waals surface area contributed by atoms with Gasteiger partial charge in [0.1, 0.15) is 18.0 Å². The third-order valence-electron chi connectivity index (χ3n) is 3.70. The summed E-state index contributed by atoms with van der Waals surface area (Å²) < 4.78 is 10.7. The van der Waals surface area contributed by atoms with Crippen LogP contribution in [0.4, 0.5) is 0 Å². The molecule has 0 spiro atoms. The van der Waals surface area contributed by atoms with Crippen LogP contribution in [0.5, 0.6) is 5.75 Å². The lowest BCUT2D eigenvalue weighted by Gasteiger charge is -2.26. The van der Waals surface area contributed by atoms with Crippen molar-refractivity contribution in [2.45, 2.75) is 25.0 Å². The quantitative estimate of drug-likeness (QED) is 0.780. The van der Waals surface area contributed by atoms with Crippen molar-refractivity contribution in [1.29, 1.82) is 0 Å². The van der Waals surface area contributed by atoms with Crippen LogP contribution in [0.25, 0.3) is 0 Å². The Bertz CT molecular complexity index is 500. The summed E-state index contributed by atoms with van der Waals surface area (Å²) in [5.41, 5.74) is -0.459. The van der Waals surface area contributed by atoms with Gasteiger partial charge in [-0.25, -0.2) is 0 Å². The monoisotopic (exact) mass is 291 g/mol. The fourth-order valence-electron chi connectivity index (χ4n) is 2.20. The van der Waals surface area contributed by atoms with E-state index in [-0.39, 0.29) is 18.6 Å². The van der Waals surface area contributed by atoms with E-state index in [0.717, 1.165) is 0 Å². The Kier molecular flexibility index (Phi) is 4.98. The summed E-state index contributed by atoms with van der Waals surface area (Å²) in [5.74, 6) is 0.459. The van der Waals surface area contributed by atoms with Crippen LogP contribution in [0.2, 0.25) is 0 Å². The zero-order valence-corrected chi connectivity index (χ0v) is 12.2. The molecule has 2 unspecified atom stereocenters. The van der Waals surface area contributed by atoms with Gasteiger partial charge < -0.3 is 19.9 Å². The van der Waals surface area contributed by atoms with E-state index in [1.165, 1.54) is 0 Å². The molecule has 0 saturated carbocycles. The van der Waals surface area contributed by atoms with E-state index in [0.29, 0.717) is 30.9 Å². The van der Waals surface area contributed by atoms with Crippen LogP contribution in [0.3, 0.4) is 0 Å². The summed E-state index contributed by atoms with van der Waals surface area (Å²) in [6, 6.07) is 6.83. The van der Waals surface area contributed by atoms with Crippen LogP contribution in [-0.2, 0) is 4.74 Å². The van der Waals surface area contributed by atoms with Gasteiger partial charge in [-0.3, -0.25) is 4.79 Å². The summed E-state index contributed by atoms with van der Waals surface area (Å²) in [6.07, 6.45) is 1.92. The van der Waals surface area contributed by atoms with Crippen molar-refractivity contribution in [3.8, 4) is 5.75 Å². The molecule has 0 aliphatic carbocycles. The van der Waals surface area contributed by atoms with Crippen molar-refractivity contribution in [3.05, 3.63) is 42.5 Å². The molecule has 0 bridgehead atoms. The van der Waals surface area contributed by atoms with E-state index in [1.807, 2.05) is 6.92 Å². The Hall–Kier alpha value is -1.85. The van der Waals surface area contributed by atoms with Gasteiger partial charge in [0, 0.05) is 25.1 Å². The normalized spacial score (nSPS) is 24.6. The lowest BCUT2D eigenvalue weighted by atomic mass is 9.96. The zero-order valence-electron chi connectivity index (χ0n) is 12.2. The van der Waals surface area contributed by atoms with Crippen molar-refractivity contribution >= 4 is 5.91 Å². The average molecular weight is 291 g/mol. The number of benzene rings is 1. The first-order valence-electron chi connectivity index (χ1n) is 7.01. The largest absolute Gasteiger partial charge is 0.490 e. The minimum Gasteiger partial charge on any atom is -0.490 e. The van der Waals surface area contributed by atoms with Crippen molar-refractivity contribution < 1.29 is 19.4 Å². The lowest BCUT2D eigenvalue weighted by molar-refractivity contribution is -0.0251. The number of carbonyl (C=O) groups is 1. The number of nitrogens with one attached hydrogen (secondary N) is 1. The zero-order chi connectivity index (χ0) is 15.3. The number of hydrogen-bond acceptors (Lipinski definition) is 4. The van der Waals surface area contributed by atoms with Gasteiger partial charge in [-0.05, 0) is 31.2 Å². The number of carbonyl (C=O) groups excluding carboxylic acids is 1. The van der Waals surface area contributed by atoms with E-state index in [1.54, 1.807) is 30.3 Å². The highest BCUT2D eigenvalue weighted by atomic mass is 16.5. The molecule has 1 heterocycles. The van der Waals surface area contributed by atoms with E-state index >= 15 is 0 Å². The van der Waals surface area contributed by atoms with Gasteiger partial charge in [-0.15, -0.1) is 0 Å². The van der Waals surface area contributed by atoms with Crippen LogP contribution in [-0.4, -0.2) is 42.5 Å². The minimum absolute atomic E-state index is 0.182. The fraction of sp³-hybridized carbons (Fsp3) is 0.438. The first-order chi connectivity index (χ1) is 10.0. The highest BCUT2D eigenvalue weighted by molar-refractivity contribution is 5.94.